The topological polar surface area (TPSA) is 99.5 Å². The Morgan fingerprint density at radius 2 is 2.20 bits per heavy atom. The summed E-state index contributed by atoms with van der Waals surface area (Å²) in [6.45, 7) is 0.383. The number of aromatic nitrogens is 2. The lowest BCUT2D eigenvalue weighted by Gasteiger charge is -2.30. The van der Waals surface area contributed by atoms with Crippen molar-refractivity contribution in [3.8, 4) is 0 Å². The van der Waals surface area contributed by atoms with Crippen LogP contribution in [0.5, 0.6) is 0 Å². The number of alkyl halides is 3. The fourth-order valence-electron chi connectivity index (χ4n) is 2.57. The summed E-state index contributed by atoms with van der Waals surface area (Å²) in [6, 6.07) is 0. The summed E-state index contributed by atoms with van der Waals surface area (Å²) in [5, 5.41) is 15.3. The molecule has 2 heterocycles. The van der Waals surface area contributed by atoms with Crippen LogP contribution in [0.4, 0.5) is 13.2 Å². The lowest BCUT2D eigenvalue weighted by atomic mass is 9.97. The summed E-state index contributed by atoms with van der Waals surface area (Å²) >= 11 is 0. The van der Waals surface area contributed by atoms with Gasteiger partial charge >= 0.3 is 6.18 Å². The second kappa shape index (κ2) is 7.40. The van der Waals surface area contributed by atoms with Gasteiger partial charge in [0.25, 0.3) is 0 Å². The Morgan fingerprint density at radius 3 is 2.76 bits per heavy atom. The lowest BCUT2D eigenvalue weighted by Crippen LogP contribution is -2.52. The van der Waals surface area contributed by atoms with Crippen LogP contribution >= 0.6 is 0 Å². The zero-order chi connectivity index (χ0) is 18.7. The number of hydrogen-bond donors (Lipinski definition) is 3. The Balaban J connectivity index is 1.94. The third-order valence-corrected chi connectivity index (χ3v) is 3.99. The second-order valence-electron chi connectivity index (χ2n) is 5.81. The van der Waals surface area contributed by atoms with E-state index in [1.807, 2.05) is 0 Å². The molecule has 1 atom stereocenters. The number of halogens is 3. The van der Waals surface area contributed by atoms with E-state index in [0.717, 1.165) is 10.8 Å². The molecule has 1 aromatic rings. The first-order valence-electron chi connectivity index (χ1n) is 7.67. The van der Waals surface area contributed by atoms with E-state index < -0.39 is 36.5 Å². The predicted octanol–water partition coefficient (Wildman–Crippen LogP) is -0.892. The molecule has 2 amide bonds. The largest absolute Gasteiger partial charge is 0.424 e. The Kier molecular flexibility index (Phi) is 5.68. The Hall–Kier alpha value is -2.14. The number of amides is 2. The molecule has 3 N–H and O–H groups in total. The van der Waals surface area contributed by atoms with Crippen LogP contribution in [0.3, 0.4) is 0 Å². The number of aryl methyl sites for hydroxylation is 1. The number of carbonyl (C=O) groups is 2. The van der Waals surface area contributed by atoms with E-state index in [1.165, 1.54) is 18.1 Å². The molecule has 1 aromatic heterocycles. The molecule has 140 valence electrons. The van der Waals surface area contributed by atoms with Gasteiger partial charge in [0.05, 0.1) is 13.1 Å². The van der Waals surface area contributed by atoms with Crippen molar-refractivity contribution in [3.63, 3.8) is 0 Å². The van der Waals surface area contributed by atoms with Crippen molar-refractivity contribution < 1.29 is 27.9 Å². The SMILES string of the molecule is Cn1ccnc1[C@@](O)(CCNC(=O)CN1CCNCC1=O)C(F)(F)F. The average Bonchev–Trinajstić information content (AvgIpc) is 2.95. The van der Waals surface area contributed by atoms with Crippen molar-refractivity contribution in [3.05, 3.63) is 18.2 Å². The fraction of sp³-hybridized carbons (Fsp3) is 0.643. The number of hydrogen-bond acceptors (Lipinski definition) is 5. The van der Waals surface area contributed by atoms with Gasteiger partial charge in [0.15, 0.2) is 0 Å². The van der Waals surface area contributed by atoms with E-state index in [2.05, 4.69) is 15.6 Å². The average molecular weight is 363 g/mol. The molecule has 1 saturated heterocycles. The first-order chi connectivity index (χ1) is 11.6. The molecular formula is C14H20F3N5O3. The minimum atomic E-state index is -4.95. The number of rotatable bonds is 6. The molecule has 1 fully saturated rings. The van der Waals surface area contributed by atoms with Crippen LogP contribution in [-0.2, 0) is 22.2 Å². The highest BCUT2D eigenvalue weighted by atomic mass is 19.4. The number of imidazole rings is 1. The number of carbonyl (C=O) groups excluding carboxylic acids is 2. The lowest BCUT2D eigenvalue weighted by molar-refractivity contribution is -0.272. The van der Waals surface area contributed by atoms with Crippen molar-refractivity contribution in [1.29, 1.82) is 0 Å². The Bertz CT molecular complexity index is 633. The third-order valence-electron chi connectivity index (χ3n) is 3.99. The minimum absolute atomic E-state index is 0.125. The van der Waals surface area contributed by atoms with E-state index in [0.29, 0.717) is 13.1 Å². The van der Waals surface area contributed by atoms with Crippen LogP contribution in [0, 0.1) is 0 Å². The monoisotopic (exact) mass is 363 g/mol. The fourth-order valence-corrected chi connectivity index (χ4v) is 2.57. The van der Waals surface area contributed by atoms with Gasteiger partial charge in [-0.2, -0.15) is 13.2 Å². The highest BCUT2D eigenvalue weighted by Crippen LogP contribution is 2.40. The van der Waals surface area contributed by atoms with Gasteiger partial charge in [-0.15, -0.1) is 0 Å². The Labute approximate surface area is 142 Å². The molecule has 1 aliphatic rings. The van der Waals surface area contributed by atoms with E-state index >= 15 is 0 Å². The number of nitrogens with one attached hydrogen (secondary N) is 2. The smallest absolute Gasteiger partial charge is 0.374 e. The molecule has 0 unspecified atom stereocenters. The maximum absolute atomic E-state index is 13.3. The third kappa shape index (κ3) is 4.28. The minimum Gasteiger partial charge on any atom is -0.374 e. The first kappa shape index (κ1) is 19.2. The predicted molar refractivity (Wildman–Crippen MR) is 80.2 cm³/mol. The molecule has 0 aliphatic carbocycles. The number of piperazine rings is 1. The first-order valence-corrected chi connectivity index (χ1v) is 7.67. The summed E-state index contributed by atoms with van der Waals surface area (Å²) in [7, 11) is 1.34. The molecule has 25 heavy (non-hydrogen) atoms. The Morgan fingerprint density at radius 1 is 1.48 bits per heavy atom. The van der Waals surface area contributed by atoms with Crippen LogP contribution in [0.15, 0.2) is 12.4 Å². The molecule has 0 radical (unpaired) electrons. The van der Waals surface area contributed by atoms with Crippen molar-refractivity contribution in [2.24, 2.45) is 7.05 Å². The van der Waals surface area contributed by atoms with E-state index in [9.17, 15) is 27.9 Å². The molecule has 1 aliphatic heterocycles. The van der Waals surface area contributed by atoms with E-state index in [-0.39, 0.29) is 19.0 Å². The second-order valence-corrected chi connectivity index (χ2v) is 5.81. The quantitative estimate of drug-likeness (QED) is 0.609. The van der Waals surface area contributed by atoms with Gasteiger partial charge in [-0.3, -0.25) is 9.59 Å². The molecule has 11 heteroatoms. The molecule has 0 aromatic carbocycles. The molecule has 2 rings (SSSR count). The number of aliphatic hydroxyl groups is 1. The summed E-state index contributed by atoms with van der Waals surface area (Å²) in [5.41, 5.74) is -3.18. The van der Waals surface area contributed by atoms with Crippen LogP contribution in [0.2, 0.25) is 0 Å². The maximum atomic E-state index is 13.3. The normalized spacial score (nSPS) is 18.1. The van der Waals surface area contributed by atoms with Gasteiger partial charge in [0, 0.05) is 45.5 Å². The van der Waals surface area contributed by atoms with Crippen molar-refractivity contribution in [2.45, 2.75) is 18.2 Å². The van der Waals surface area contributed by atoms with E-state index in [1.54, 1.807) is 0 Å². The number of nitrogens with zero attached hydrogens (tertiary/aromatic N) is 3. The summed E-state index contributed by atoms with van der Waals surface area (Å²) in [4.78, 5) is 28.3. The zero-order valence-corrected chi connectivity index (χ0v) is 13.6. The summed E-state index contributed by atoms with van der Waals surface area (Å²) in [6.07, 6.45) is -3.30. The van der Waals surface area contributed by atoms with Crippen molar-refractivity contribution in [1.82, 2.24) is 25.1 Å². The zero-order valence-electron chi connectivity index (χ0n) is 13.6. The van der Waals surface area contributed by atoms with Gasteiger partial charge in [-0.05, 0) is 0 Å². The van der Waals surface area contributed by atoms with Crippen molar-refractivity contribution >= 4 is 11.8 Å². The summed E-state index contributed by atoms with van der Waals surface area (Å²) in [5.74, 6) is -1.38. The van der Waals surface area contributed by atoms with Gasteiger partial charge < -0.3 is 25.2 Å². The molecule has 0 spiro atoms. The maximum Gasteiger partial charge on any atom is 0.424 e. The highest BCUT2D eigenvalue weighted by Gasteiger charge is 2.57. The van der Waals surface area contributed by atoms with Crippen molar-refractivity contribution in [2.75, 3.05) is 32.7 Å². The van der Waals surface area contributed by atoms with Gasteiger partial charge in [0.1, 0.15) is 5.82 Å². The molecule has 0 bridgehead atoms. The van der Waals surface area contributed by atoms with Crippen LogP contribution < -0.4 is 10.6 Å². The highest BCUT2D eigenvalue weighted by molar-refractivity contribution is 5.86. The van der Waals surface area contributed by atoms with E-state index in [4.69, 9.17) is 0 Å². The molecular weight excluding hydrogens is 343 g/mol. The molecule has 8 nitrogen and oxygen atoms in total. The molecule has 0 saturated carbocycles. The van der Waals surface area contributed by atoms with Gasteiger partial charge in [-0.1, -0.05) is 0 Å². The van der Waals surface area contributed by atoms with Gasteiger partial charge in [-0.25, -0.2) is 4.98 Å². The van der Waals surface area contributed by atoms with Crippen LogP contribution in [-0.4, -0.2) is 70.3 Å². The standard InChI is InChI=1S/C14H20F3N5O3/c1-21-6-5-20-12(21)13(25,14(15,16)17)2-3-19-10(23)9-22-7-4-18-8-11(22)24/h5-6,18,25H,2-4,7-9H2,1H3,(H,19,23)/t13-/m0/s1. The van der Waals surface area contributed by atoms with Crippen LogP contribution in [0.1, 0.15) is 12.2 Å². The van der Waals surface area contributed by atoms with Crippen LogP contribution in [0.25, 0.3) is 0 Å². The summed E-state index contributed by atoms with van der Waals surface area (Å²) < 4.78 is 41.0. The van der Waals surface area contributed by atoms with Gasteiger partial charge in [0.2, 0.25) is 17.4 Å².